The van der Waals surface area contributed by atoms with E-state index in [-0.39, 0.29) is 11.1 Å². The van der Waals surface area contributed by atoms with Crippen molar-refractivity contribution in [2.75, 3.05) is 0 Å². The summed E-state index contributed by atoms with van der Waals surface area (Å²) >= 11 is 5.56. The molecule has 1 rings (SSSR count). The molecular formula is C12H16ClFO. The molecule has 0 aliphatic heterocycles. The minimum atomic E-state index is -0.420. The lowest BCUT2D eigenvalue weighted by Gasteiger charge is -2.10. The zero-order valence-corrected chi connectivity index (χ0v) is 9.60. The summed E-state index contributed by atoms with van der Waals surface area (Å²) in [6.07, 6.45) is 2.93. The highest BCUT2D eigenvalue weighted by Gasteiger charge is 2.07. The largest absolute Gasteiger partial charge is 0.393 e. The molecule has 84 valence electrons. The summed E-state index contributed by atoms with van der Waals surface area (Å²) in [5.41, 5.74) is 0.792. The van der Waals surface area contributed by atoms with Crippen LogP contribution in [0.5, 0.6) is 0 Å². The van der Waals surface area contributed by atoms with Gasteiger partial charge in [0.05, 0.1) is 11.1 Å². The number of hydrogen-bond donors (Lipinski definition) is 1. The van der Waals surface area contributed by atoms with Gasteiger partial charge in [0.25, 0.3) is 0 Å². The van der Waals surface area contributed by atoms with Crippen molar-refractivity contribution >= 4 is 11.6 Å². The van der Waals surface area contributed by atoms with Gasteiger partial charge >= 0.3 is 0 Å². The smallest absolute Gasteiger partial charge is 0.142 e. The number of benzene rings is 1. The molecule has 0 heterocycles. The topological polar surface area (TPSA) is 20.2 Å². The summed E-state index contributed by atoms with van der Waals surface area (Å²) in [7, 11) is 0. The minimum Gasteiger partial charge on any atom is -0.393 e. The number of aliphatic hydroxyl groups is 1. The van der Waals surface area contributed by atoms with E-state index in [9.17, 15) is 9.50 Å². The van der Waals surface area contributed by atoms with Crippen molar-refractivity contribution in [2.45, 2.75) is 38.7 Å². The van der Waals surface area contributed by atoms with E-state index in [4.69, 9.17) is 11.6 Å². The van der Waals surface area contributed by atoms with E-state index in [1.165, 1.54) is 12.1 Å². The first kappa shape index (κ1) is 12.5. The van der Waals surface area contributed by atoms with Crippen molar-refractivity contribution in [1.29, 1.82) is 0 Å². The molecule has 1 nitrogen and oxygen atoms in total. The van der Waals surface area contributed by atoms with Gasteiger partial charge in [0.2, 0.25) is 0 Å². The molecule has 0 saturated carbocycles. The summed E-state index contributed by atoms with van der Waals surface area (Å²) in [5.74, 6) is -0.420. The molecule has 0 aromatic heterocycles. The van der Waals surface area contributed by atoms with Gasteiger partial charge in [-0.25, -0.2) is 4.39 Å². The van der Waals surface area contributed by atoms with Crippen LogP contribution in [0, 0.1) is 5.82 Å². The van der Waals surface area contributed by atoms with Crippen LogP contribution in [0.25, 0.3) is 0 Å². The van der Waals surface area contributed by atoms with Gasteiger partial charge in [0.1, 0.15) is 5.82 Å². The van der Waals surface area contributed by atoms with Crippen LogP contribution in [-0.2, 0) is 6.42 Å². The Labute approximate surface area is 94.9 Å². The maximum atomic E-state index is 13.1. The highest BCUT2D eigenvalue weighted by atomic mass is 35.5. The van der Waals surface area contributed by atoms with Gasteiger partial charge in [-0.15, -0.1) is 0 Å². The van der Waals surface area contributed by atoms with Gasteiger partial charge in [-0.2, -0.15) is 0 Å². The molecule has 0 saturated heterocycles. The molecule has 1 atom stereocenters. The lowest BCUT2D eigenvalue weighted by atomic mass is 10.0. The second-order valence-electron chi connectivity index (χ2n) is 3.75. The van der Waals surface area contributed by atoms with E-state index >= 15 is 0 Å². The van der Waals surface area contributed by atoms with Crippen LogP contribution in [0.1, 0.15) is 31.7 Å². The quantitative estimate of drug-likeness (QED) is 0.820. The van der Waals surface area contributed by atoms with Crippen LogP contribution < -0.4 is 0 Å². The van der Waals surface area contributed by atoms with E-state index in [0.29, 0.717) is 6.42 Å². The molecule has 1 N–H and O–H groups in total. The summed E-state index contributed by atoms with van der Waals surface area (Å²) in [6.45, 7) is 2.08. The molecule has 0 bridgehead atoms. The third-order valence-electron chi connectivity index (χ3n) is 2.35. The summed E-state index contributed by atoms with van der Waals surface area (Å²) in [4.78, 5) is 0. The third-order valence-corrected chi connectivity index (χ3v) is 2.65. The van der Waals surface area contributed by atoms with Crippen molar-refractivity contribution in [2.24, 2.45) is 0 Å². The summed E-state index contributed by atoms with van der Waals surface area (Å²) in [6, 6.07) is 4.66. The Morgan fingerprint density at radius 2 is 2.20 bits per heavy atom. The summed E-state index contributed by atoms with van der Waals surface area (Å²) < 4.78 is 13.1. The maximum Gasteiger partial charge on any atom is 0.142 e. The number of rotatable bonds is 5. The fourth-order valence-electron chi connectivity index (χ4n) is 1.48. The van der Waals surface area contributed by atoms with Crippen molar-refractivity contribution in [1.82, 2.24) is 0 Å². The van der Waals surface area contributed by atoms with Crippen LogP contribution in [0.3, 0.4) is 0 Å². The Morgan fingerprint density at radius 1 is 1.47 bits per heavy atom. The molecule has 0 radical (unpaired) electrons. The van der Waals surface area contributed by atoms with Crippen LogP contribution in [-0.4, -0.2) is 11.2 Å². The molecule has 0 spiro atoms. The van der Waals surface area contributed by atoms with E-state index in [2.05, 4.69) is 6.92 Å². The molecule has 0 fully saturated rings. The SMILES string of the molecule is CCCCC(O)Cc1ccc(Cl)c(F)c1. The van der Waals surface area contributed by atoms with Gasteiger partial charge in [0.15, 0.2) is 0 Å². The Bertz CT molecular complexity index is 314. The molecule has 1 aromatic rings. The Hall–Kier alpha value is -0.600. The van der Waals surface area contributed by atoms with E-state index in [0.717, 1.165) is 24.8 Å². The molecule has 0 aliphatic carbocycles. The first-order chi connectivity index (χ1) is 7.13. The van der Waals surface area contributed by atoms with Crippen molar-refractivity contribution in [3.63, 3.8) is 0 Å². The van der Waals surface area contributed by atoms with Gasteiger partial charge in [-0.1, -0.05) is 37.4 Å². The fraction of sp³-hybridized carbons (Fsp3) is 0.500. The molecule has 0 amide bonds. The lowest BCUT2D eigenvalue weighted by molar-refractivity contribution is 0.161. The maximum absolute atomic E-state index is 13.1. The van der Waals surface area contributed by atoms with Crippen molar-refractivity contribution in [3.05, 3.63) is 34.6 Å². The molecular weight excluding hydrogens is 215 g/mol. The average molecular weight is 231 g/mol. The van der Waals surface area contributed by atoms with Crippen LogP contribution in [0.15, 0.2) is 18.2 Å². The van der Waals surface area contributed by atoms with Crippen LogP contribution in [0.4, 0.5) is 4.39 Å². The Morgan fingerprint density at radius 3 is 2.80 bits per heavy atom. The number of halogens is 2. The first-order valence-corrected chi connectivity index (χ1v) is 5.63. The number of unbranched alkanes of at least 4 members (excludes halogenated alkanes) is 1. The van der Waals surface area contributed by atoms with Crippen molar-refractivity contribution < 1.29 is 9.50 Å². The number of aliphatic hydroxyl groups excluding tert-OH is 1. The Balaban J connectivity index is 2.53. The first-order valence-electron chi connectivity index (χ1n) is 5.25. The highest BCUT2D eigenvalue weighted by Crippen LogP contribution is 2.17. The van der Waals surface area contributed by atoms with Crippen LogP contribution in [0.2, 0.25) is 5.02 Å². The zero-order chi connectivity index (χ0) is 11.3. The van der Waals surface area contributed by atoms with Gasteiger partial charge in [-0.3, -0.25) is 0 Å². The normalized spacial score (nSPS) is 12.8. The predicted molar refractivity (Wildman–Crippen MR) is 60.6 cm³/mol. The van der Waals surface area contributed by atoms with E-state index < -0.39 is 5.82 Å². The molecule has 15 heavy (non-hydrogen) atoms. The highest BCUT2D eigenvalue weighted by molar-refractivity contribution is 6.30. The fourth-order valence-corrected chi connectivity index (χ4v) is 1.60. The molecule has 3 heteroatoms. The summed E-state index contributed by atoms with van der Waals surface area (Å²) in [5, 5.41) is 9.77. The second kappa shape index (κ2) is 6.09. The zero-order valence-electron chi connectivity index (χ0n) is 8.84. The minimum absolute atomic E-state index is 0.127. The third kappa shape index (κ3) is 4.18. The molecule has 0 aliphatic rings. The predicted octanol–water partition coefficient (Wildman–Crippen LogP) is 3.57. The average Bonchev–Trinajstić information content (AvgIpc) is 2.20. The molecule has 1 aromatic carbocycles. The van der Waals surface area contributed by atoms with E-state index in [1.807, 2.05) is 0 Å². The second-order valence-corrected chi connectivity index (χ2v) is 4.16. The molecule has 1 unspecified atom stereocenters. The lowest BCUT2D eigenvalue weighted by Crippen LogP contribution is -2.10. The van der Waals surface area contributed by atoms with Gasteiger partial charge in [-0.05, 0) is 30.5 Å². The number of hydrogen-bond acceptors (Lipinski definition) is 1. The Kier molecular flexibility index (Phi) is 5.06. The van der Waals surface area contributed by atoms with Gasteiger partial charge in [0, 0.05) is 0 Å². The monoisotopic (exact) mass is 230 g/mol. The standard InChI is InChI=1S/C12H16ClFO/c1-2-3-4-10(15)7-9-5-6-11(13)12(14)8-9/h5-6,8,10,15H,2-4,7H2,1H3. The van der Waals surface area contributed by atoms with Gasteiger partial charge < -0.3 is 5.11 Å². The van der Waals surface area contributed by atoms with E-state index in [1.54, 1.807) is 6.07 Å². The van der Waals surface area contributed by atoms with Crippen molar-refractivity contribution in [3.8, 4) is 0 Å². The van der Waals surface area contributed by atoms with Crippen LogP contribution >= 0.6 is 11.6 Å².